The Hall–Kier alpha value is -3.56. The van der Waals surface area contributed by atoms with Crippen LogP contribution in [0.1, 0.15) is 98.8 Å². The maximum absolute atomic E-state index is 12.0. The van der Waals surface area contributed by atoms with Gasteiger partial charge in [-0.2, -0.15) is 0 Å². The molecule has 0 radical (unpaired) electrons. The van der Waals surface area contributed by atoms with Crippen LogP contribution in [0.4, 0.5) is 0 Å². The molecule has 188 valence electrons. The molecule has 0 aromatic carbocycles. The van der Waals surface area contributed by atoms with E-state index in [1.807, 2.05) is 0 Å². The second-order valence-corrected chi connectivity index (χ2v) is 8.50. The molecule has 34 heavy (non-hydrogen) atoms. The van der Waals surface area contributed by atoms with Crippen molar-refractivity contribution in [2.75, 3.05) is 13.2 Å². The molecule has 2 aromatic rings. The maximum atomic E-state index is 12.0. The molecule has 0 saturated carbocycles. The minimum atomic E-state index is -1.08. The predicted octanol–water partition coefficient (Wildman–Crippen LogP) is 4.27. The summed E-state index contributed by atoms with van der Waals surface area (Å²) in [6, 6.07) is 0. The van der Waals surface area contributed by atoms with Crippen molar-refractivity contribution in [3.63, 3.8) is 0 Å². The topological polar surface area (TPSA) is 148 Å². The lowest BCUT2D eigenvalue weighted by atomic mass is 10.1. The van der Waals surface area contributed by atoms with E-state index in [-0.39, 0.29) is 12.3 Å². The SMILES string of the molecule is CCOC(=O)c1c(C)[nH]c(C(=O)O)c1C.CCOC(=O)c1c(C)[nH]c(C(=O)OC(C)(C)C)c1C. The van der Waals surface area contributed by atoms with Crippen LogP contribution in [-0.4, -0.2) is 57.8 Å². The first-order valence-corrected chi connectivity index (χ1v) is 10.8. The van der Waals surface area contributed by atoms with Crippen LogP contribution in [-0.2, 0) is 14.2 Å². The van der Waals surface area contributed by atoms with Gasteiger partial charge in [0, 0.05) is 11.4 Å². The molecule has 0 fully saturated rings. The smallest absolute Gasteiger partial charge is 0.355 e. The lowest BCUT2D eigenvalue weighted by molar-refractivity contribution is 0.00621. The molecule has 0 aliphatic rings. The van der Waals surface area contributed by atoms with Crippen LogP contribution in [0.5, 0.6) is 0 Å². The monoisotopic (exact) mass is 478 g/mol. The Balaban J connectivity index is 0.000000350. The Bertz CT molecular complexity index is 1070. The van der Waals surface area contributed by atoms with Gasteiger partial charge in [-0.1, -0.05) is 0 Å². The van der Waals surface area contributed by atoms with E-state index in [1.165, 1.54) is 0 Å². The van der Waals surface area contributed by atoms with E-state index >= 15 is 0 Å². The maximum Gasteiger partial charge on any atom is 0.355 e. The zero-order chi connectivity index (χ0) is 26.4. The zero-order valence-electron chi connectivity index (χ0n) is 21.2. The molecule has 0 aliphatic carbocycles. The summed E-state index contributed by atoms with van der Waals surface area (Å²) in [6.07, 6.45) is 0. The van der Waals surface area contributed by atoms with Crippen LogP contribution in [0, 0.1) is 27.7 Å². The molecular weight excluding hydrogens is 444 g/mol. The number of aromatic nitrogens is 2. The molecule has 0 bridgehead atoms. The van der Waals surface area contributed by atoms with E-state index < -0.39 is 29.5 Å². The summed E-state index contributed by atoms with van der Waals surface area (Å²) in [5, 5.41) is 8.83. The quantitative estimate of drug-likeness (QED) is 0.412. The molecule has 10 heteroatoms. The summed E-state index contributed by atoms with van der Waals surface area (Å²) in [5.41, 5.74) is 2.58. The first kappa shape index (κ1) is 28.5. The van der Waals surface area contributed by atoms with E-state index in [2.05, 4.69) is 9.97 Å². The Morgan fingerprint density at radius 2 is 1.12 bits per heavy atom. The second kappa shape index (κ2) is 11.5. The van der Waals surface area contributed by atoms with Gasteiger partial charge < -0.3 is 29.3 Å². The van der Waals surface area contributed by atoms with E-state index in [9.17, 15) is 19.2 Å². The summed E-state index contributed by atoms with van der Waals surface area (Å²) < 4.78 is 15.1. The van der Waals surface area contributed by atoms with Gasteiger partial charge in [0.2, 0.25) is 0 Å². The molecule has 0 amide bonds. The van der Waals surface area contributed by atoms with Crippen molar-refractivity contribution in [2.45, 2.75) is 67.9 Å². The molecule has 2 aromatic heterocycles. The molecule has 3 N–H and O–H groups in total. The number of ether oxygens (including phenoxy) is 3. The van der Waals surface area contributed by atoms with Crippen molar-refractivity contribution in [3.05, 3.63) is 45.0 Å². The molecule has 0 atom stereocenters. The van der Waals surface area contributed by atoms with Crippen LogP contribution < -0.4 is 0 Å². The van der Waals surface area contributed by atoms with Crippen molar-refractivity contribution < 1.29 is 38.5 Å². The van der Waals surface area contributed by atoms with Gasteiger partial charge in [-0.25, -0.2) is 19.2 Å². The first-order valence-electron chi connectivity index (χ1n) is 10.8. The third-order valence-corrected chi connectivity index (χ3v) is 4.65. The molecular formula is C24H34N2O8. The van der Waals surface area contributed by atoms with Crippen molar-refractivity contribution >= 4 is 23.9 Å². The summed E-state index contributed by atoms with van der Waals surface area (Å²) in [5.74, 6) is -2.46. The summed E-state index contributed by atoms with van der Waals surface area (Å²) >= 11 is 0. The predicted molar refractivity (Wildman–Crippen MR) is 125 cm³/mol. The number of carboxylic acids is 1. The molecule has 2 rings (SSSR count). The normalized spacial score (nSPS) is 10.7. The Morgan fingerprint density at radius 1 is 0.735 bits per heavy atom. The van der Waals surface area contributed by atoms with Crippen LogP contribution >= 0.6 is 0 Å². The summed E-state index contributed by atoms with van der Waals surface area (Å²) in [4.78, 5) is 51.7. The molecule has 0 saturated heterocycles. The highest BCUT2D eigenvalue weighted by atomic mass is 16.6. The van der Waals surface area contributed by atoms with Crippen molar-refractivity contribution in [2.24, 2.45) is 0 Å². The van der Waals surface area contributed by atoms with E-state index in [4.69, 9.17) is 19.3 Å². The van der Waals surface area contributed by atoms with Gasteiger partial charge >= 0.3 is 23.9 Å². The second-order valence-electron chi connectivity index (χ2n) is 8.50. The molecule has 0 spiro atoms. The number of carboxylic acid groups (broad SMARTS) is 1. The third kappa shape index (κ3) is 6.97. The van der Waals surface area contributed by atoms with Crippen LogP contribution in [0.25, 0.3) is 0 Å². The van der Waals surface area contributed by atoms with Crippen LogP contribution in [0.15, 0.2) is 0 Å². The number of aryl methyl sites for hydroxylation is 2. The van der Waals surface area contributed by atoms with Gasteiger partial charge in [0.05, 0.1) is 24.3 Å². The first-order chi connectivity index (χ1) is 15.7. The number of aromatic carboxylic acids is 1. The number of carbonyl (C=O) groups is 4. The van der Waals surface area contributed by atoms with Crippen molar-refractivity contribution in [3.8, 4) is 0 Å². The molecule has 2 heterocycles. The summed E-state index contributed by atoms with van der Waals surface area (Å²) in [7, 11) is 0. The highest BCUT2D eigenvalue weighted by Gasteiger charge is 2.26. The molecule has 0 unspecified atom stereocenters. The Labute approximate surface area is 199 Å². The standard InChI is InChI=1S/C14H21NO4.C10H13NO4/c1-7-18-12(16)10-8(2)11(15-9(10)3)13(17)19-14(4,5)6;1-4-15-10(14)7-5(2)8(9(12)13)11-6(7)3/h15H,7H2,1-6H3;11H,4H2,1-3H3,(H,12,13). The van der Waals surface area contributed by atoms with E-state index in [0.29, 0.717) is 45.9 Å². The number of hydrogen-bond donors (Lipinski definition) is 3. The minimum absolute atomic E-state index is 0.0375. The highest BCUT2D eigenvalue weighted by molar-refractivity contribution is 5.99. The number of carbonyl (C=O) groups excluding carboxylic acids is 3. The average Bonchev–Trinajstić information content (AvgIpc) is 3.16. The van der Waals surface area contributed by atoms with Gasteiger partial charge in [0.25, 0.3) is 0 Å². The van der Waals surface area contributed by atoms with Crippen molar-refractivity contribution in [1.82, 2.24) is 9.97 Å². The number of nitrogens with one attached hydrogen (secondary N) is 2. The van der Waals surface area contributed by atoms with Crippen molar-refractivity contribution in [1.29, 1.82) is 0 Å². The highest BCUT2D eigenvalue weighted by Crippen LogP contribution is 2.22. The lowest BCUT2D eigenvalue weighted by Crippen LogP contribution is -2.24. The van der Waals surface area contributed by atoms with Gasteiger partial charge in [-0.05, 0) is 73.4 Å². The van der Waals surface area contributed by atoms with Crippen LogP contribution in [0.2, 0.25) is 0 Å². The Morgan fingerprint density at radius 3 is 1.44 bits per heavy atom. The third-order valence-electron chi connectivity index (χ3n) is 4.65. The zero-order valence-corrected chi connectivity index (χ0v) is 21.2. The molecule has 10 nitrogen and oxygen atoms in total. The minimum Gasteiger partial charge on any atom is -0.477 e. The average molecular weight is 479 g/mol. The fourth-order valence-corrected chi connectivity index (χ4v) is 3.27. The van der Waals surface area contributed by atoms with E-state index in [1.54, 1.807) is 62.3 Å². The number of H-pyrrole nitrogens is 2. The largest absolute Gasteiger partial charge is 0.477 e. The van der Waals surface area contributed by atoms with E-state index in [0.717, 1.165) is 0 Å². The fraction of sp³-hybridized carbons (Fsp3) is 0.500. The molecule has 0 aliphatic heterocycles. The van der Waals surface area contributed by atoms with Crippen LogP contribution in [0.3, 0.4) is 0 Å². The van der Waals surface area contributed by atoms with Gasteiger partial charge in [-0.15, -0.1) is 0 Å². The number of esters is 3. The van der Waals surface area contributed by atoms with Gasteiger partial charge in [0.1, 0.15) is 17.0 Å². The summed E-state index contributed by atoms with van der Waals surface area (Å²) in [6.45, 7) is 16.0. The lowest BCUT2D eigenvalue weighted by Gasteiger charge is -2.19. The Kier molecular flexibility index (Phi) is 9.66. The number of rotatable bonds is 6. The van der Waals surface area contributed by atoms with Gasteiger partial charge in [0.15, 0.2) is 0 Å². The number of hydrogen-bond acceptors (Lipinski definition) is 7. The fourth-order valence-electron chi connectivity index (χ4n) is 3.27. The number of aromatic amines is 2. The van der Waals surface area contributed by atoms with Gasteiger partial charge in [-0.3, -0.25) is 0 Å².